The van der Waals surface area contributed by atoms with E-state index in [1.54, 1.807) is 0 Å². The molecule has 0 atom stereocenters. The quantitative estimate of drug-likeness (QED) is 0.133. The fraction of sp³-hybridized carbons (Fsp3) is 0.750. The molecule has 18 heteroatoms. The van der Waals surface area contributed by atoms with Crippen molar-refractivity contribution >= 4 is 67.5 Å². The second-order valence-corrected chi connectivity index (χ2v) is 18.1. The van der Waals surface area contributed by atoms with Crippen LogP contribution in [0.3, 0.4) is 0 Å². The van der Waals surface area contributed by atoms with Crippen molar-refractivity contribution in [3.05, 3.63) is 0 Å². The number of hydrogen-bond donors (Lipinski definition) is 0. The number of rotatable bonds is 16. The molecule has 1 aliphatic heterocycles. The summed E-state index contributed by atoms with van der Waals surface area (Å²) in [7, 11) is -3.95. The summed E-state index contributed by atoms with van der Waals surface area (Å²) < 4.78 is 31.8. The molecule has 0 radical (unpaired) electrons. The maximum absolute atomic E-state index is 11.7. The third-order valence-electron chi connectivity index (χ3n) is 5.10. The Morgan fingerprint density at radius 1 is 0.476 bits per heavy atom. The molecule has 0 amide bonds. The van der Waals surface area contributed by atoms with E-state index in [4.69, 9.17) is 28.4 Å². The molecular weight excluding hydrogens is 632 g/mol. The molecule has 240 valence electrons. The van der Waals surface area contributed by atoms with Crippen LogP contribution in [0.2, 0.25) is 0 Å². The Bertz CT molecular complexity index is 808. The molecule has 0 aromatic heterocycles. The second kappa shape index (κ2) is 21.2. The van der Waals surface area contributed by atoms with Gasteiger partial charge in [0.2, 0.25) is 0 Å². The summed E-state index contributed by atoms with van der Waals surface area (Å²) in [6.07, 6.45) is 4.23. The summed E-state index contributed by atoms with van der Waals surface area (Å²) in [5.74, 6) is -2.50. The maximum atomic E-state index is 11.7. The number of ether oxygens (including phenoxy) is 6. The minimum Gasteiger partial charge on any atom is -0.461 e. The van der Waals surface area contributed by atoms with Crippen molar-refractivity contribution in [3.63, 3.8) is 0 Å². The second-order valence-electron chi connectivity index (χ2n) is 9.46. The van der Waals surface area contributed by atoms with Gasteiger partial charge in [-0.25, -0.2) is 0 Å². The Hall–Kier alpha value is -1.54. The molecule has 14 nitrogen and oxygen atoms in total. The lowest BCUT2D eigenvalue weighted by atomic mass is 10.8. The van der Waals surface area contributed by atoms with E-state index >= 15 is 0 Å². The van der Waals surface area contributed by atoms with Gasteiger partial charge in [0.15, 0.2) is 0 Å². The van der Waals surface area contributed by atoms with Gasteiger partial charge >= 0.3 is 35.8 Å². The van der Waals surface area contributed by atoms with E-state index in [0.29, 0.717) is 37.7 Å². The topological polar surface area (TPSA) is 164 Å². The van der Waals surface area contributed by atoms with Crippen molar-refractivity contribution in [2.75, 3.05) is 75.8 Å². The Morgan fingerprint density at radius 2 is 0.714 bits per heavy atom. The highest BCUT2D eigenvalue weighted by Gasteiger charge is 2.30. The van der Waals surface area contributed by atoms with Gasteiger partial charge in [-0.15, -0.1) is 0 Å². The molecule has 42 heavy (non-hydrogen) atoms. The van der Waals surface area contributed by atoms with E-state index in [-0.39, 0.29) is 38.1 Å². The van der Waals surface area contributed by atoms with E-state index in [1.807, 2.05) is 0 Å². The van der Waals surface area contributed by atoms with E-state index in [0.717, 1.165) is 0 Å². The van der Waals surface area contributed by atoms with Gasteiger partial charge < -0.3 is 28.4 Å². The Labute approximate surface area is 251 Å². The monoisotopic (exact) mass is 674 g/mol. The van der Waals surface area contributed by atoms with Crippen LogP contribution < -0.4 is 0 Å². The summed E-state index contributed by atoms with van der Waals surface area (Å²) in [5, 5.41) is 0. The zero-order valence-corrected chi connectivity index (χ0v) is 28.6. The molecule has 0 N–H and O–H groups in total. The van der Waals surface area contributed by atoms with Crippen LogP contribution in [-0.2, 0) is 57.2 Å². The Balaban J connectivity index is 3.22. The zero-order chi connectivity index (χ0) is 31.7. The highest BCUT2D eigenvalue weighted by molar-refractivity contribution is 7.60. The average molecular weight is 674 g/mol. The highest BCUT2D eigenvalue weighted by atomic mass is 31.1. The van der Waals surface area contributed by atoms with E-state index in [1.165, 1.54) is 41.5 Å². The Kier molecular flexibility index (Phi) is 19.4. The van der Waals surface area contributed by atoms with Crippen LogP contribution in [0.1, 0.15) is 41.5 Å². The summed E-state index contributed by atoms with van der Waals surface area (Å²) in [6, 6.07) is 0. The van der Waals surface area contributed by atoms with Gasteiger partial charge in [0.25, 0.3) is 0 Å². The summed E-state index contributed by atoms with van der Waals surface area (Å²) in [5.41, 5.74) is 0. The average Bonchev–Trinajstić information content (AvgIpc) is 2.86. The normalized spacial score (nSPS) is 18.0. The third kappa shape index (κ3) is 19.6. The summed E-state index contributed by atoms with van der Waals surface area (Å²) >= 11 is 0. The number of nitrogens with zero attached hydrogens (tertiary/aromatic N) is 2. The predicted molar refractivity (Wildman–Crippen MR) is 160 cm³/mol. The van der Waals surface area contributed by atoms with Gasteiger partial charge in [-0.2, -0.15) is 0 Å². The fourth-order valence-electron chi connectivity index (χ4n) is 3.55. The predicted octanol–water partition coefficient (Wildman–Crippen LogP) is 3.40. The molecule has 1 aliphatic rings. The van der Waals surface area contributed by atoms with Crippen LogP contribution in [0, 0.1) is 0 Å². The molecule has 1 fully saturated rings. The summed E-state index contributed by atoms with van der Waals surface area (Å²) in [6.45, 7) is 7.97. The highest BCUT2D eigenvalue weighted by Crippen LogP contribution is 2.50. The van der Waals surface area contributed by atoms with Gasteiger partial charge in [0.05, 0.1) is 0 Å². The van der Waals surface area contributed by atoms with Gasteiger partial charge in [-0.3, -0.25) is 38.6 Å². The van der Waals surface area contributed by atoms with Crippen molar-refractivity contribution < 1.29 is 57.2 Å². The van der Waals surface area contributed by atoms with Crippen molar-refractivity contribution in [2.45, 2.75) is 41.5 Å². The van der Waals surface area contributed by atoms with E-state index in [9.17, 15) is 28.8 Å². The minimum atomic E-state index is -1.06. The summed E-state index contributed by atoms with van der Waals surface area (Å²) in [4.78, 5) is 73.7. The van der Waals surface area contributed by atoms with Crippen LogP contribution in [0.4, 0.5) is 0 Å². The molecule has 0 bridgehead atoms. The molecule has 1 rings (SSSR count). The van der Waals surface area contributed by atoms with Crippen molar-refractivity contribution in [1.82, 2.24) is 9.80 Å². The largest absolute Gasteiger partial charge is 0.461 e. The Morgan fingerprint density at radius 3 is 0.929 bits per heavy atom. The van der Waals surface area contributed by atoms with Crippen molar-refractivity contribution in [1.29, 1.82) is 0 Å². The van der Waals surface area contributed by atoms with E-state index < -0.39 is 67.5 Å². The van der Waals surface area contributed by atoms with Crippen LogP contribution in [0.25, 0.3) is 0 Å². The lowest BCUT2D eigenvalue weighted by Gasteiger charge is -2.40. The number of carbonyl (C=O) groups is 6. The standard InChI is InChI=1S/C24H42N2O12P4/c1-19(27)33-13-39-7-25(11-41(15-35-21(3)29)16-36-22(4)30)9-40(14-34-20(2)28)10-26(8-39)12-42(17-37-23(5)31)18-38-24(6)32/h7-18H2,1-6H3. The van der Waals surface area contributed by atoms with Gasteiger partial charge in [-0.1, -0.05) is 0 Å². The van der Waals surface area contributed by atoms with Crippen LogP contribution >= 0.6 is 31.7 Å². The van der Waals surface area contributed by atoms with Crippen LogP contribution in [0.15, 0.2) is 0 Å². The van der Waals surface area contributed by atoms with Crippen LogP contribution in [0.5, 0.6) is 0 Å². The number of esters is 6. The zero-order valence-electron chi connectivity index (χ0n) is 25.1. The molecule has 1 saturated heterocycles. The number of carbonyl (C=O) groups excluding carboxylic acids is 6. The maximum Gasteiger partial charge on any atom is 0.302 e. The van der Waals surface area contributed by atoms with Crippen molar-refractivity contribution in [2.24, 2.45) is 0 Å². The minimum absolute atomic E-state index is 0.126. The van der Waals surface area contributed by atoms with Gasteiger partial charge in [0, 0.05) is 79.3 Å². The third-order valence-corrected chi connectivity index (χ3v) is 12.9. The van der Waals surface area contributed by atoms with Crippen LogP contribution in [-0.4, -0.2) is 121 Å². The molecule has 0 saturated carbocycles. The first-order chi connectivity index (χ1) is 19.7. The fourth-order valence-corrected chi connectivity index (χ4v) is 12.3. The number of hydrogen-bond acceptors (Lipinski definition) is 14. The molecule has 1 heterocycles. The molecule has 0 aliphatic carbocycles. The molecular formula is C24H42N2O12P4. The van der Waals surface area contributed by atoms with Gasteiger partial charge in [0.1, 0.15) is 38.1 Å². The van der Waals surface area contributed by atoms with E-state index in [2.05, 4.69) is 9.80 Å². The smallest absolute Gasteiger partial charge is 0.302 e. The molecule has 0 aromatic rings. The molecule has 0 aromatic carbocycles. The molecule has 0 unspecified atom stereocenters. The van der Waals surface area contributed by atoms with Crippen molar-refractivity contribution in [3.8, 4) is 0 Å². The lowest BCUT2D eigenvalue weighted by Crippen LogP contribution is -2.37. The molecule has 0 spiro atoms. The lowest BCUT2D eigenvalue weighted by molar-refractivity contribution is -0.140. The first-order valence-corrected chi connectivity index (χ1v) is 20.5. The first-order valence-electron chi connectivity index (χ1n) is 12.9. The SMILES string of the molecule is CC(=O)OCP(COC(C)=O)CN1CP(COC(C)=O)CN(CP(COC(C)=O)COC(C)=O)CP(COC(C)=O)C1. The van der Waals surface area contributed by atoms with Gasteiger partial charge in [-0.05, 0) is 31.7 Å². The first kappa shape index (κ1) is 38.5.